The van der Waals surface area contributed by atoms with Gasteiger partial charge < -0.3 is 19.7 Å². The highest BCUT2D eigenvalue weighted by Crippen LogP contribution is 2.22. The lowest BCUT2D eigenvalue weighted by Crippen LogP contribution is -2.53. The van der Waals surface area contributed by atoms with Crippen molar-refractivity contribution in [3.63, 3.8) is 0 Å². The van der Waals surface area contributed by atoms with Crippen LogP contribution in [0.25, 0.3) is 0 Å². The van der Waals surface area contributed by atoms with Crippen molar-refractivity contribution in [3.8, 4) is 0 Å². The van der Waals surface area contributed by atoms with Gasteiger partial charge in [0.15, 0.2) is 0 Å². The van der Waals surface area contributed by atoms with Crippen molar-refractivity contribution in [1.82, 2.24) is 15.1 Å². The molecule has 27 heavy (non-hydrogen) atoms. The Morgan fingerprint density at radius 3 is 2.78 bits per heavy atom. The maximum absolute atomic E-state index is 12.8. The van der Waals surface area contributed by atoms with Crippen molar-refractivity contribution >= 4 is 6.03 Å². The predicted octanol–water partition coefficient (Wildman–Crippen LogP) is 2.26. The Morgan fingerprint density at radius 1 is 1.30 bits per heavy atom. The average molecular weight is 376 g/mol. The standard InChI is InChI=1S/C21H33N3O3/c1-3-23(15-18-6-4-5-17(2)13-18)21(25)22-14-20(19-7-10-27-16-19)24-8-11-26-12-9-24/h4-6,13,19-20H,3,7-12,14-16H2,1-2H3,(H,22,25)/t19-,20+/m0/s1. The molecule has 1 aromatic carbocycles. The van der Waals surface area contributed by atoms with Crippen LogP contribution < -0.4 is 5.32 Å². The molecule has 0 unspecified atom stereocenters. The number of morpholine rings is 1. The SMILES string of the molecule is CCN(Cc1cccc(C)c1)C(=O)NC[C@H]([C@H]1CCOC1)N1CCOCC1. The van der Waals surface area contributed by atoms with Crippen LogP contribution in [0.15, 0.2) is 24.3 Å². The highest BCUT2D eigenvalue weighted by Gasteiger charge is 2.32. The van der Waals surface area contributed by atoms with E-state index in [1.165, 1.54) is 11.1 Å². The molecule has 0 spiro atoms. The lowest BCUT2D eigenvalue weighted by molar-refractivity contribution is 0.00186. The molecule has 0 aliphatic carbocycles. The zero-order valence-corrected chi connectivity index (χ0v) is 16.7. The summed E-state index contributed by atoms with van der Waals surface area (Å²) in [5.41, 5.74) is 2.39. The first kappa shape index (κ1) is 20.1. The maximum atomic E-state index is 12.8. The summed E-state index contributed by atoms with van der Waals surface area (Å²) in [5.74, 6) is 0.482. The van der Waals surface area contributed by atoms with Crippen LogP contribution in [0, 0.1) is 12.8 Å². The van der Waals surface area contributed by atoms with Crippen LogP contribution in [0.2, 0.25) is 0 Å². The minimum atomic E-state index is 0.0104. The second-order valence-corrected chi connectivity index (χ2v) is 7.53. The Labute approximate surface area is 162 Å². The zero-order chi connectivity index (χ0) is 19.1. The second kappa shape index (κ2) is 10.1. The van der Waals surface area contributed by atoms with E-state index >= 15 is 0 Å². The van der Waals surface area contributed by atoms with E-state index in [1.807, 2.05) is 17.9 Å². The first-order chi connectivity index (χ1) is 13.2. The molecule has 2 aliphatic heterocycles. The summed E-state index contributed by atoms with van der Waals surface area (Å²) in [6, 6.07) is 8.67. The van der Waals surface area contributed by atoms with Gasteiger partial charge in [-0.1, -0.05) is 29.8 Å². The zero-order valence-electron chi connectivity index (χ0n) is 16.7. The second-order valence-electron chi connectivity index (χ2n) is 7.53. The molecule has 6 heteroatoms. The van der Waals surface area contributed by atoms with Crippen molar-refractivity contribution in [3.05, 3.63) is 35.4 Å². The van der Waals surface area contributed by atoms with Crippen molar-refractivity contribution < 1.29 is 14.3 Å². The summed E-state index contributed by atoms with van der Waals surface area (Å²) in [7, 11) is 0. The first-order valence-corrected chi connectivity index (χ1v) is 10.1. The molecule has 1 aromatic rings. The van der Waals surface area contributed by atoms with Crippen molar-refractivity contribution in [2.45, 2.75) is 32.9 Å². The van der Waals surface area contributed by atoms with Gasteiger partial charge in [0.05, 0.1) is 19.8 Å². The van der Waals surface area contributed by atoms with Gasteiger partial charge in [0.2, 0.25) is 0 Å². The molecular formula is C21H33N3O3. The molecular weight excluding hydrogens is 342 g/mol. The fourth-order valence-corrected chi connectivity index (χ4v) is 4.02. The van der Waals surface area contributed by atoms with Gasteiger partial charge in [0.25, 0.3) is 0 Å². The van der Waals surface area contributed by atoms with Gasteiger partial charge in [0.1, 0.15) is 0 Å². The van der Waals surface area contributed by atoms with Gasteiger partial charge in [-0.15, -0.1) is 0 Å². The number of urea groups is 1. The number of carbonyl (C=O) groups excluding carboxylic acids is 1. The largest absolute Gasteiger partial charge is 0.381 e. The molecule has 0 saturated carbocycles. The Hall–Kier alpha value is -1.63. The molecule has 2 aliphatic rings. The lowest BCUT2D eigenvalue weighted by atomic mass is 9.97. The van der Waals surface area contributed by atoms with Gasteiger partial charge in [-0.05, 0) is 25.8 Å². The molecule has 6 nitrogen and oxygen atoms in total. The Morgan fingerprint density at radius 2 is 2.11 bits per heavy atom. The van der Waals surface area contributed by atoms with Crippen LogP contribution in [0.4, 0.5) is 4.79 Å². The number of aryl methyl sites for hydroxylation is 1. The third-order valence-corrected chi connectivity index (χ3v) is 5.61. The molecule has 150 valence electrons. The van der Waals surface area contributed by atoms with E-state index in [4.69, 9.17) is 9.47 Å². The summed E-state index contributed by atoms with van der Waals surface area (Å²) in [4.78, 5) is 17.1. The third kappa shape index (κ3) is 5.67. The summed E-state index contributed by atoms with van der Waals surface area (Å²) in [6.45, 7) is 11.1. The summed E-state index contributed by atoms with van der Waals surface area (Å²) < 4.78 is 11.1. The maximum Gasteiger partial charge on any atom is 0.317 e. The van der Waals surface area contributed by atoms with Crippen LogP contribution in [-0.4, -0.2) is 74.5 Å². The van der Waals surface area contributed by atoms with Gasteiger partial charge in [0, 0.05) is 51.3 Å². The van der Waals surface area contributed by atoms with Gasteiger partial charge >= 0.3 is 6.03 Å². The normalized spacial score (nSPS) is 21.8. The van der Waals surface area contributed by atoms with E-state index < -0.39 is 0 Å². The smallest absolute Gasteiger partial charge is 0.317 e. The van der Waals surface area contributed by atoms with Crippen LogP contribution in [-0.2, 0) is 16.0 Å². The number of benzene rings is 1. The number of ether oxygens (including phenoxy) is 2. The molecule has 2 heterocycles. The molecule has 2 fully saturated rings. The lowest BCUT2D eigenvalue weighted by Gasteiger charge is -2.37. The van der Waals surface area contributed by atoms with Crippen molar-refractivity contribution in [2.24, 2.45) is 5.92 Å². The van der Waals surface area contributed by atoms with Gasteiger partial charge in [-0.25, -0.2) is 4.79 Å². The number of nitrogens with zero attached hydrogens (tertiary/aromatic N) is 2. The van der Waals surface area contributed by atoms with Crippen molar-refractivity contribution in [1.29, 1.82) is 0 Å². The Balaban J connectivity index is 1.58. The van der Waals surface area contributed by atoms with Gasteiger partial charge in [-0.3, -0.25) is 4.90 Å². The number of hydrogen-bond donors (Lipinski definition) is 1. The first-order valence-electron chi connectivity index (χ1n) is 10.1. The highest BCUT2D eigenvalue weighted by molar-refractivity contribution is 5.74. The summed E-state index contributed by atoms with van der Waals surface area (Å²) >= 11 is 0. The van der Waals surface area contributed by atoms with E-state index in [0.29, 0.717) is 31.6 Å². The molecule has 2 amide bonds. The van der Waals surface area contributed by atoms with Crippen LogP contribution >= 0.6 is 0 Å². The number of rotatable bonds is 7. The number of carbonyl (C=O) groups is 1. The van der Waals surface area contributed by atoms with E-state index in [0.717, 1.165) is 45.9 Å². The minimum Gasteiger partial charge on any atom is -0.381 e. The minimum absolute atomic E-state index is 0.0104. The topological polar surface area (TPSA) is 54.0 Å². The molecule has 2 atom stereocenters. The predicted molar refractivity (Wildman–Crippen MR) is 106 cm³/mol. The molecule has 3 rings (SSSR count). The number of nitrogens with one attached hydrogen (secondary N) is 1. The van der Waals surface area contributed by atoms with E-state index in [2.05, 4.69) is 35.3 Å². The van der Waals surface area contributed by atoms with Crippen LogP contribution in [0.5, 0.6) is 0 Å². The van der Waals surface area contributed by atoms with E-state index in [9.17, 15) is 4.79 Å². The quantitative estimate of drug-likeness (QED) is 0.794. The molecule has 0 bridgehead atoms. The summed E-state index contributed by atoms with van der Waals surface area (Å²) in [6.07, 6.45) is 1.07. The molecule has 0 radical (unpaired) electrons. The number of hydrogen-bond acceptors (Lipinski definition) is 4. The fraction of sp³-hybridized carbons (Fsp3) is 0.667. The van der Waals surface area contributed by atoms with E-state index in [-0.39, 0.29) is 6.03 Å². The van der Waals surface area contributed by atoms with Crippen LogP contribution in [0.1, 0.15) is 24.5 Å². The van der Waals surface area contributed by atoms with E-state index in [1.54, 1.807) is 0 Å². The third-order valence-electron chi connectivity index (χ3n) is 5.61. The highest BCUT2D eigenvalue weighted by atomic mass is 16.5. The molecule has 0 aromatic heterocycles. The molecule has 2 saturated heterocycles. The average Bonchev–Trinajstić information content (AvgIpc) is 3.21. The summed E-state index contributed by atoms with van der Waals surface area (Å²) in [5, 5.41) is 3.19. The monoisotopic (exact) mass is 375 g/mol. The number of amides is 2. The van der Waals surface area contributed by atoms with Gasteiger partial charge in [-0.2, -0.15) is 0 Å². The Kier molecular flexibility index (Phi) is 7.50. The Bertz CT molecular complexity index is 598. The van der Waals surface area contributed by atoms with Crippen LogP contribution in [0.3, 0.4) is 0 Å². The fourth-order valence-electron chi connectivity index (χ4n) is 4.02. The van der Waals surface area contributed by atoms with Crippen molar-refractivity contribution in [2.75, 3.05) is 52.6 Å². The molecule has 1 N–H and O–H groups in total.